The van der Waals surface area contributed by atoms with Crippen LogP contribution in [0.1, 0.15) is 25.5 Å². The molecule has 98 valence electrons. The SMILES string of the molecule is COC1=C[C@@H](c2ccc(OC)cc2)O[C@@H]1C(C)C. The van der Waals surface area contributed by atoms with Crippen molar-refractivity contribution >= 4 is 0 Å². The van der Waals surface area contributed by atoms with Crippen LogP contribution in [-0.4, -0.2) is 20.3 Å². The van der Waals surface area contributed by atoms with Crippen LogP contribution in [0.3, 0.4) is 0 Å². The van der Waals surface area contributed by atoms with Gasteiger partial charge in [-0.15, -0.1) is 0 Å². The molecule has 0 aliphatic carbocycles. The van der Waals surface area contributed by atoms with Gasteiger partial charge in [0.1, 0.15) is 23.7 Å². The van der Waals surface area contributed by atoms with Gasteiger partial charge in [0.05, 0.1) is 14.2 Å². The molecule has 1 aliphatic rings. The van der Waals surface area contributed by atoms with E-state index < -0.39 is 0 Å². The molecule has 0 spiro atoms. The fourth-order valence-electron chi connectivity index (χ4n) is 2.15. The standard InChI is InChI=1S/C15H20O3/c1-10(2)15-14(17-4)9-13(18-15)11-5-7-12(16-3)8-6-11/h5-10,13,15H,1-4H3/t13-,15+/m0/s1. The molecule has 2 rings (SSSR count). The van der Waals surface area contributed by atoms with Crippen LogP contribution in [-0.2, 0) is 9.47 Å². The van der Waals surface area contributed by atoms with Crippen molar-refractivity contribution < 1.29 is 14.2 Å². The quantitative estimate of drug-likeness (QED) is 0.818. The molecule has 0 saturated heterocycles. The summed E-state index contributed by atoms with van der Waals surface area (Å²) in [6.07, 6.45) is 2.06. The summed E-state index contributed by atoms with van der Waals surface area (Å²) < 4.78 is 16.6. The Bertz CT molecular complexity index is 420. The van der Waals surface area contributed by atoms with Crippen molar-refractivity contribution in [3.05, 3.63) is 41.7 Å². The van der Waals surface area contributed by atoms with Gasteiger partial charge in [0.15, 0.2) is 0 Å². The van der Waals surface area contributed by atoms with Crippen LogP contribution in [0.25, 0.3) is 0 Å². The second kappa shape index (κ2) is 5.44. The Kier molecular flexibility index (Phi) is 3.92. The molecule has 1 aliphatic heterocycles. The molecule has 0 fully saturated rings. The Morgan fingerprint density at radius 1 is 1.06 bits per heavy atom. The van der Waals surface area contributed by atoms with Crippen molar-refractivity contribution in [2.24, 2.45) is 5.92 Å². The zero-order valence-electron chi connectivity index (χ0n) is 11.3. The smallest absolute Gasteiger partial charge is 0.124 e. The Hall–Kier alpha value is -1.48. The lowest BCUT2D eigenvalue weighted by molar-refractivity contribution is 0.00810. The molecular weight excluding hydrogens is 228 g/mol. The van der Waals surface area contributed by atoms with Gasteiger partial charge < -0.3 is 14.2 Å². The molecule has 3 heteroatoms. The lowest BCUT2D eigenvalue weighted by atomic mass is 10.1. The van der Waals surface area contributed by atoms with E-state index in [9.17, 15) is 0 Å². The van der Waals surface area contributed by atoms with Crippen molar-refractivity contribution in [2.75, 3.05) is 14.2 Å². The highest BCUT2D eigenvalue weighted by molar-refractivity contribution is 5.32. The molecule has 0 aromatic heterocycles. The summed E-state index contributed by atoms with van der Waals surface area (Å²) in [5.41, 5.74) is 1.12. The van der Waals surface area contributed by atoms with Crippen LogP contribution >= 0.6 is 0 Å². The molecule has 0 saturated carbocycles. The Labute approximate surface area is 108 Å². The first-order valence-corrected chi connectivity index (χ1v) is 6.20. The highest BCUT2D eigenvalue weighted by Gasteiger charge is 2.31. The normalized spacial score (nSPS) is 23.1. The third-order valence-corrected chi connectivity index (χ3v) is 3.17. The average molecular weight is 248 g/mol. The van der Waals surface area contributed by atoms with E-state index in [4.69, 9.17) is 14.2 Å². The third kappa shape index (κ3) is 2.51. The Balaban J connectivity index is 2.17. The first kappa shape index (κ1) is 13.0. The maximum Gasteiger partial charge on any atom is 0.124 e. The van der Waals surface area contributed by atoms with Gasteiger partial charge in [-0.1, -0.05) is 26.0 Å². The van der Waals surface area contributed by atoms with E-state index in [-0.39, 0.29) is 12.2 Å². The maximum absolute atomic E-state index is 6.03. The van der Waals surface area contributed by atoms with Gasteiger partial charge in [-0.05, 0) is 29.7 Å². The Morgan fingerprint density at radius 2 is 1.72 bits per heavy atom. The molecule has 2 atom stereocenters. The highest BCUT2D eigenvalue weighted by atomic mass is 16.5. The fraction of sp³-hybridized carbons (Fsp3) is 0.467. The molecule has 0 radical (unpaired) electrons. The number of methoxy groups -OCH3 is 2. The van der Waals surface area contributed by atoms with Crippen LogP contribution in [0.15, 0.2) is 36.1 Å². The maximum atomic E-state index is 6.03. The summed E-state index contributed by atoms with van der Waals surface area (Å²) in [4.78, 5) is 0. The zero-order valence-corrected chi connectivity index (χ0v) is 11.3. The number of hydrogen-bond acceptors (Lipinski definition) is 3. The van der Waals surface area contributed by atoms with Crippen LogP contribution in [0.5, 0.6) is 5.75 Å². The number of ether oxygens (including phenoxy) is 3. The lowest BCUT2D eigenvalue weighted by Gasteiger charge is -2.19. The molecule has 0 amide bonds. The minimum Gasteiger partial charge on any atom is -0.499 e. The van der Waals surface area contributed by atoms with E-state index in [1.54, 1.807) is 14.2 Å². The van der Waals surface area contributed by atoms with Gasteiger partial charge in [-0.3, -0.25) is 0 Å². The zero-order chi connectivity index (χ0) is 13.1. The first-order chi connectivity index (χ1) is 8.65. The van der Waals surface area contributed by atoms with Gasteiger partial charge >= 0.3 is 0 Å². The molecule has 0 N–H and O–H groups in total. The van der Waals surface area contributed by atoms with E-state index in [0.717, 1.165) is 17.1 Å². The third-order valence-electron chi connectivity index (χ3n) is 3.17. The van der Waals surface area contributed by atoms with Crippen LogP contribution in [0.2, 0.25) is 0 Å². The summed E-state index contributed by atoms with van der Waals surface area (Å²) in [5, 5.41) is 0. The molecule has 18 heavy (non-hydrogen) atoms. The summed E-state index contributed by atoms with van der Waals surface area (Å²) in [6, 6.07) is 7.94. The summed E-state index contributed by atoms with van der Waals surface area (Å²) >= 11 is 0. The monoisotopic (exact) mass is 248 g/mol. The minimum absolute atomic E-state index is 0.0294. The van der Waals surface area contributed by atoms with E-state index in [0.29, 0.717) is 5.92 Å². The van der Waals surface area contributed by atoms with E-state index in [1.807, 2.05) is 30.3 Å². The summed E-state index contributed by atoms with van der Waals surface area (Å²) in [5.74, 6) is 2.18. The largest absolute Gasteiger partial charge is 0.499 e. The number of rotatable bonds is 4. The van der Waals surface area contributed by atoms with Gasteiger partial charge in [0, 0.05) is 0 Å². The van der Waals surface area contributed by atoms with Crippen LogP contribution in [0.4, 0.5) is 0 Å². The van der Waals surface area contributed by atoms with Gasteiger partial charge in [-0.2, -0.15) is 0 Å². The van der Waals surface area contributed by atoms with Crippen molar-refractivity contribution in [2.45, 2.75) is 26.1 Å². The topological polar surface area (TPSA) is 27.7 Å². The lowest BCUT2D eigenvalue weighted by Crippen LogP contribution is -2.19. The van der Waals surface area contributed by atoms with E-state index >= 15 is 0 Å². The number of hydrogen-bond donors (Lipinski definition) is 0. The second-order valence-electron chi connectivity index (χ2n) is 4.77. The van der Waals surface area contributed by atoms with Gasteiger partial charge in [0.2, 0.25) is 0 Å². The van der Waals surface area contributed by atoms with Crippen molar-refractivity contribution in [1.29, 1.82) is 0 Å². The minimum atomic E-state index is -0.0294. The second-order valence-corrected chi connectivity index (χ2v) is 4.77. The van der Waals surface area contributed by atoms with Crippen molar-refractivity contribution in [3.63, 3.8) is 0 Å². The van der Waals surface area contributed by atoms with Gasteiger partial charge in [0.25, 0.3) is 0 Å². The molecule has 1 aromatic rings. The predicted molar refractivity (Wildman–Crippen MR) is 70.5 cm³/mol. The Morgan fingerprint density at radius 3 is 2.17 bits per heavy atom. The molecular formula is C15H20O3. The molecule has 3 nitrogen and oxygen atoms in total. The molecule has 1 aromatic carbocycles. The predicted octanol–water partition coefficient (Wildman–Crippen LogP) is 3.32. The fourth-order valence-corrected chi connectivity index (χ4v) is 2.15. The van der Waals surface area contributed by atoms with Crippen LogP contribution < -0.4 is 4.74 Å². The molecule has 0 unspecified atom stereocenters. The van der Waals surface area contributed by atoms with Crippen molar-refractivity contribution in [1.82, 2.24) is 0 Å². The van der Waals surface area contributed by atoms with Crippen LogP contribution in [0, 0.1) is 5.92 Å². The molecule has 1 heterocycles. The van der Waals surface area contributed by atoms with E-state index in [2.05, 4.69) is 13.8 Å². The van der Waals surface area contributed by atoms with E-state index in [1.165, 1.54) is 0 Å². The first-order valence-electron chi connectivity index (χ1n) is 6.20. The molecule has 0 bridgehead atoms. The average Bonchev–Trinajstić information content (AvgIpc) is 2.83. The summed E-state index contributed by atoms with van der Waals surface area (Å²) in [7, 11) is 3.36. The van der Waals surface area contributed by atoms with Gasteiger partial charge in [-0.25, -0.2) is 0 Å². The van der Waals surface area contributed by atoms with Crippen molar-refractivity contribution in [3.8, 4) is 5.75 Å². The highest BCUT2D eigenvalue weighted by Crippen LogP contribution is 2.35. The summed E-state index contributed by atoms with van der Waals surface area (Å²) in [6.45, 7) is 4.27. The number of benzene rings is 1.